The Morgan fingerprint density at radius 1 is 0.488 bits per heavy atom. The maximum atomic E-state index is 8.74. The van der Waals surface area contributed by atoms with Crippen molar-refractivity contribution < 1.29 is 17.5 Å². The Labute approximate surface area is 254 Å². The van der Waals surface area contributed by atoms with Gasteiger partial charge >= 0.3 is 10.4 Å². The summed E-state index contributed by atoms with van der Waals surface area (Å²) in [6.07, 6.45) is 37.3. The third-order valence-electron chi connectivity index (χ3n) is 7.47. The average Bonchev–Trinajstić information content (AvgIpc) is 3.53. The highest BCUT2D eigenvalue weighted by atomic mass is 32.3. The average molecular weight is 603 g/mol. The lowest BCUT2D eigenvalue weighted by Crippen LogP contribution is -2.23. The van der Waals surface area contributed by atoms with Crippen LogP contribution in [0.3, 0.4) is 0 Å². The summed E-state index contributed by atoms with van der Waals surface area (Å²) in [5.41, 5.74) is 0. The molecule has 0 saturated carbocycles. The number of nitrogens with zero attached hydrogens (tertiary/aromatic N) is 4. The third kappa shape index (κ3) is 31.3. The van der Waals surface area contributed by atoms with Crippen molar-refractivity contribution >= 4 is 10.4 Å². The van der Waals surface area contributed by atoms with E-state index in [9.17, 15) is 0 Å². The molecule has 2 aliphatic rings. The smallest absolute Gasteiger partial charge is 0.362 e. The van der Waals surface area contributed by atoms with E-state index in [-0.39, 0.29) is 0 Å². The van der Waals surface area contributed by atoms with Crippen LogP contribution >= 0.6 is 0 Å². The van der Waals surface area contributed by atoms with E-state index >= 15 is 0 Å². The van der Waals surface area contributed by atoms with Crippen LogP contribution in [0, 0.1) is 0 Å². The summed E-state index contributed by atoms with van der Waals surface area (Å²) < 4.78 is 31.6. The van der Waals surface area contributed by atoms with Crippen LogP contribution in [0.15, 0.2) is 24.8 Å². The lowest BCUT2D eigenvalue weighted by molar-refractivity contribution is 0.290. The highest BCUT2D eigenvalue weighted by Gasteiger charge is 2.07. The van der Waals surface area contributed by atoms with Crippen molar-refractivity contribution in [1.82, 2.24) is 19.6 Å². The van der Waals surface area contributed by atoms with Crippen LogP contribution in [0.1, 0.15) is 142 Å². The van der Waals surface area contributed by atoms with Crippen molar-refractivity contribution in [2.75, 3.05) is 40.5 Å². The maximum Gasteiger partial charge on any atom is 0.394 e. The molecule has 0 aromatic rings. The van der Waals surface area contributed by atoms with Gasteiger partial charge in [-0.2, -0.15) is 8.42 Å². The van der Waals surface area contributed by atoms with E-state index in [1.54, 1.807) is 0 Å². The molecule has 41 heavy (non-hydrogen) atoms. The molecule has 0 spiro atoms. The predicted molar refractivity (Wildman–Crippen MR) is 175 cm³/mol. The number of hydrogen-bond donors (Lipinski definition) is 2. The van der Waals surface area contributed by atoms with Crippen LogP contribution < -0.4 is 0 Å². The summed E-state index contributed by atoms with van der Waals surface area (Å²) in [5, 5.41) is 0. The molecule has 0 aromatic carbocycles. The van der Waals surface area contributed by atoms with Crippen LogP contribution in [0.25, 0.3) is 0 Å². The topological polar surface area (TPSA) is 87.6 Å². The van der Waals surface area contributed by atoms with Crippen LogP contribution in [0.4, 0.5) is 0 Å². The van der Waals surface area contributed by atoms with Crippen molar-refractivity contribution in [3.63, 3.8) is 0 Å². The van der Waals surface area contributed by atoms with Gasteiger partial charge in [0.15, 0.2) is 0 Å². The first kappa shape index (κ1) is 39.5. The molecule has 0 unspecified atom stereocenters. The highest BCUT2D eigenvalue weighted by molar-refractivity contribution is 7.79. The molecule has 2 rings (SSSR count). The van der Waals surface area contributed by atoms with Gasteiger partial charge in [-0.15, -0.1) is 0 Å². The van der Waals surface area contributed by atoms with E-state index in [0.29, 0.717) is 0 Å². The Morgan fingerprint density at radius 3 is 0.951 bits per heavy atom. The van der Waals surface area contributed by atoms with Crippen molar-refractivity contribution in [1.29, 1.82) is 0 Å². The lowest BCUT2D eigenvalue weighted by atomic mass is 10.1. The van der Waals surface area contributed by atoms with Crippen LogP contribution in [-0.4, -0.2) is 77.6 Å². The van der Waals surface area contributed by atoms with Crippen molar-refractivity contribution in [2.45, 2.75) is 142 Å². The van der Waals surface area contributed by atoms with Gasteiger partial charge in [-0.3, -0.25) is 9.11 Å². The molecule has 8 nitrogen and oxygen atoms in total. The molecular formula is C32H66N4O4S. The van der Waals surface area contributed by atoms with Crippen molar-refractivity contribution in [2.24, 2.45) is 0 Å². The van der Waals surface area contributed by atoms with E-state index in [4.69, 9.17) is 17.5 Å². The van der Waals surface area contributed by atoms with E-state index in [1.165, 1.54) is 142 Å². The monoisotopic (exact) mass is 602 g/mol. The molecule has 0 amide bonds. The fraction of sp³-hybridized carbons (Fsp3) is 0.875. The predicted octanol–water partition coefficient (Wildman–Crippen LogP) is 8.51. The summed E-state index contributed by atoms with van der Waals surface area (Å²) in [6.45, 7) is 9.20. The number of rotatable bonds is 22. The van der Waals surface area contributed by atoms with Gasteiger partial charge in [-0.05, 0) is 12.8 Å². The van der Waals surface area contributed by atoms with Gasteiger partial charge in [0, 0.05) is 52.0 Å². The summed E-state index contributed by atoms with van der Waals surface area (Å²) >= 11 is 0. The van der Waals surface area contributed by atoms with Gasteiger partial charge in [0.2, 0.25) is 0 Å². The van der Waals surface area contributed by atoms with Gasteiger partial charge in [0.05, 0.1) is 13.3 Å². The minimum absolute atomic E-state index is 1.08. The quantitative estimate of drug-likeness (QED) is 0.0942. The molecular weight excluding hydrogens is 536 g/mol. The maximum absolute atomic E-state index is 8.74. The largest absolute Gasteiger partial charge is 0.394 e. The van der Waals surface area contributed by atoms with Gasteiger partial charge in [0.25, 0.3) is 0 Å². The van der Waals surface area contributed by atoms with Gasteiger partial charge in [0.1, 0.15) is 0 Å². The van der Waals surface area contributed by atoms with E-state index in [0.717, 1.165) is 13.3 Å². The molecule has 0 bridgehead atoms. The number of unbranched alkanes of at least 4 members (excludes halogenated alkanes) is 18. The SMILES string of the molecule is CCCCCCCCCCCCN1C=CN(C)C1.CCCCCCCCCCCCN1C=CN(C)C1.O=S(=O)(O)O. The summed E-state index contributed by atoms with van der Waals surface area (Å²) in [4.78, 5) is 9.28. The Morgan fingerprint density at radius 2 is 0.732 bits per heavy atom. The molecule has 0 atom stereocenters. The second-order valence-corrected chi connectivity index (χ2v) is 12.7. The third-order valence-corrected chi connectivity index (χ3v) is 7.47. The van der Waals surface area contributed by atoms with Gasteiger partial charge < -0.3 is 19.6 Å². The molecule has 2 aliphatic heterocycles. The van der Waals surface area contributed by atoms with E-state index < -0.39 is 10.4 Å². The van der Waals surface area contributed by atoms with Crippen LogP contribution in [0.5, 0.6) is 0 Å². The summed E-state index contributed by atoms with van der Waals surface area (Å²) in [7, 11) is -0.399. The first-order valence-corrected chi connectivity index (χ1v) is 18.0. The van der Waals surface area contributed by atoms with Gasteiger partial charge in [-0.25, -0.2) is 0 Å². The summed E-state index contributed by atoms with van der Waals surface area (Å²) in [5.74, 6) is 0. The highest BCUT2D eigenvalue weighted by Crippen LogP contribution is 2.13. The molecule has 0 saturated heterocycles. The minimum Gasteiger partial charge on any atom is -0.362 e. The molecule has 0 aromatic heterocycles. The lowest BCUT2D eigenvalue weighted by Gasteiger charge is -2.17. The molecule has 2 N–H and O–H groups in total. The van der Waals surface area contributed by atoms with Crippen LogP contribution in [0.2, 0.25) is 0 Å². The zero-order valence-electron chi connectivity index (χ0n) is 27.2. The number of hydrogen-bond acceptors (Lipinski definition) is 6. The molecule has 0 aliphatic carbocycles. The first-order chi connectivity index (χ1) is 19.7. The van der Waals surface area contributed by atoms with E-state index in [1.807, 2.05) is 0 Å². The zero-order chi connectivity index (χ0) is 30.6. The minimum atomic E-state index is -4.67. The van der Waals surface area contributed by atoms with Crippen LogP contribution in [-0.2, 0) is 10.4 Å². The second-order valence-electron chi connectivity index (χ2n) is 11.8. The molecule has 0 fully saturated rings. The Kier molecular flexibility index (Phi) is 26.4. The van der Waals surface area contributed by atoms with Crippen molar-refractivity contribution in [3.8, 4) is 0 Å². The summed E-state index contributed by atoms with van der Waals surface area (Å²) in [6, 6.07) is 0. The first-order valence-electron chi connectivity index (χ1n) is 16.6. The standard InChI is InChI=1S/2C16H32N2.H2O4S/c2*1-3-4-5-6-7-8-9-10-11-12-13-18-15-14-17(2)16-18;1-5(2,3)4/h2*14-15H,3-13,16H2,1-2H3;(H2,1,2,3,4). The fourth-order valence-corrected chi connectivity index (χ4v) is 5.07. The van der Waals surface area contributed by atoms with Gasteiger partial charge in [-0.1, -0.05) is 129 Å². The van der Waals surface area contributed by atoms with Crippen molar-refractivity contribution in [3.05, 3.63) is 24.8 Å². The molecule has 244 valence electrons. The van der Waals surface area contributed by atoms with E-state index in [2.05, 4.69) is 72.3 Å². The Bertz CT molecular complexity index is 679. The molecule has 9 heteroatoms. The second kappa shape index (κ2) is 27.4. The zero-order valence-corrected chi connectivity index (χ0v) is 28.0. The Balaban J connectivity index is 0.000000671. The Hall–Kier alpha value is -1.45. The molecule has 2 heterocycles. The normalized spacial score (nSPS) is 14.4. The molecule has 0 radical (unpaired) electrons. The fourth-order valence-electron chi connectivity index (χ4n) is 5.07.